The molecule has 3 rings (SSSR count). The Morgan fingerprint density at radius 2 is 1.88 bits per heavy atom. The molecule has 0 saturated carbocycles. The summed E-state index contributed by atoms with van der Waals surface area (Å²) in [4.78, 5) is 25.5. The maximum absolute atomic E-state index is 13.0. The lowest BCUT2D eigenvalue weighted by molar-refractivity contribution is -0.120. The van der Waals surface area contributed by atoms with Gasteiger partial charge >= 0.3 is 0 Å². The molecule has 0 bridgehead atoms. The molecule has 3 aromatic rings. The Labute approximate surface area is 186 Å². The highest BCUT2D eigenvalue weighted by molar-refractivity contribution is 7.85. The zero-order valence-electron chi connectivity index (χ0n) is 17.7. The molecular weight excluding hydrogens is 432 g/mol. The number of hydrogen-bond acceptors (Lipinski definition) is 5. The van der Waals surface area contributed by atoms with Crippen molar-refractivity contribution in [1.82, 2.24) is 9.88 Å². The lowest BCUT2D eigenvalue weighted by Crippen LogP contribution is -2.30. The fraction of sp³-hybridized carbons (Fsp3) is 0.217. The van der Waals surface area contributed by atoms with Gasteiger partial charge < -0.3 is 10.1 Å². The number of nitrogens with one attached hydrogen (secondary N) is 1. The molecule has 2 N–H and O–H groups in total. The lowest BCUT2D eigenvalue weighted by atomic mass is 10.1. The van der Waals surface area contributed by atoms with Crippen LogP contribution in [0.15, 0.2) is 54.6 Å². The number of ether oxygens (including phenoxy) is 1. The van der Waals surface area contributed by atoms with Gasteiger partial charge in [0.1, 0.15) is 5.75 Å². The summed E-state index contributed by atoms with van der Waals surface area (Å²) < 4.78 is 37.4. The van der Waals surface area contributed by atoms with Crippen LogP contribution in [0.5, 0.6) is 5.75 Å². The highest BCUT2D eigenvalue weighted by atomic mass is 32.2. The number of hydrogen-bond donors (Lipinski definition) is 2. The largest absolute Gasteiger partial charge is 0.497 e. The predicted octanol–water partition coefficient (Wildman–Crippen LogP) is 2.86. The molecule has 0 aliphatic rings. The quantitative estimate of drug-likeness (QED) is 0.398. The number of nitrogens with zero attached hydrogens (tertiary/aromatic N) is 1. The second-order valence-electron chi connectivity index (χ2n) is 7.18. The van der Waals surface area contributed by atoms with Crippen molar-refractivity contribution in [3.63, 3.8) is 0 Å². The van der Waals surface area contributed by atoms with Gasteiger partial charge in [0.25, 0.3) is 16.0 Å². The molecule has 0 aliphatic carbocycles. The van der Waals surface area contributed by atoms with Crippen molar-refractivity contribution in [3.8, 4) is 5.75 Å². The van der Waals surface area contributed by atoms with Crippen molar-refractivity contribution < 1.29 is 27.3 Å². The summed E-state index contributed by atoms with van der Waals surface area (Å²) in [5, 5.41) is 3.16. The Morgan fingerprint density at radius 3 is 2.53 bits per heavy atom. The Balaban J connectivity index is 1.94. The van der Waals surface area contributed by atoms with Gasteiger partial charge in [-0.25, -0.2) is 0 Å². The molecule has 0 saturated heterocycles. The minimum Gasteiger partial charge on any atom is -0.497 e. The second kappa shape index (κ2) is 9.80. The average molecular weight is 457 g/mol. The van der Waals surface area contributed by atoms with E-state index in [2.05, 4.69) is 5.32 Å². The number of amides is 1. The summed E-state index contributed by atoms with van der Waals surface area (Å²) in [5.41, 5.74) is 2.74. The summed E-state index contributed by atoms with van der Waals surface area (Å²) in [5.74, 6) is -0.684. The number of aromatic nitrogens is 1. The summed E-state index contributed by atoms with van der Waals surface area (Å²) in [7, 11) is -2.64. The van der Waals surface area contributed by atoms with Gasteiger partial charge in [0.2, 0.25) is 5.91 Å². The predicted molar refractivity (Wildman–Crippen MR) is 122 cm³/mol. The number of carbonyl (C=O) groups is 2. The summed E-state index contributed by atoms with van der Waals surface area (Å²) in [6, 6.07) is 14.7. The monoisotopic (exact) mass is 456 g/mol. The van der Waals surface area contributed by atoms with E-state index in [0.717, 1.165) is 5.56 Å². The van der Waals surface area contributed by atoms with E-state index in [-0.39, 0.29) is 18.9 Å². The second-order valence-corrected chi connectivity index (χ2v) is 8.75. The zero-order chi connectivity index (χ0) is 23.3. The van der Waals surface area contributed by atoms with Crippen LogP contribution in [0.25, 0.3) is 17.0 Å². The van der Waals surface area contributed by atoms with Crippen LogP contribution in [0.2, 0.25) is 0 Å². The number of benzene rings is 2. The van der Waals surface area contributed by atoms with Crippen molar-refractivity contribution in [3.05, 3.63) is 71.4 Å². The van der Waals surface area contributed by atoms with Crippen molar-refractivity contribution >= 4 is 38.9 Å². The van der Waals surface area contributed by atoms with Crippen LogP contribution in [0, 0.1) is 6.92 Å². The molecule has 0 atom stereocenters. The highest BCUT2D eigenvalue weighted by Gasteiger charge is 2.20. The smallest absolute Gasteiger partial charge is 0.266 e. The molecule has 0 radical (unpaired) electrons. The SMILES string of the molecule is COc1ccc2c(c1)c(CC(=O)NCCS(=O)(=O)O)c(C)n2C(=O)/C=C/c1ccccc1. The summed E-state index contributed by atoms with van der Waals surface area (Å²) in [6.07, 6.45) is 3.13. The normalized spacial score (nSPS) is 11.7. The van der Waals surface area contributed by atoms with E-state index in [1.807, 2.05) is 30.3 Å². The van der Waals surface area contributed by atoms with E-state index >= 15 is 0 Å². The first kappa shape index (κ1) is 23.2. The maximum atomic E-state index is 13.0. The molecule has 8 nitrogen and oxygen atoms in total. The lowest BCUT2D eigenvalue weighted by Gasteiger charge is -2.06. The van der Waals surface area contributed by atoms with Gasteiger partial charge in [0.05, 0.1) is 24.8 Å². The van der Waals surface area contributed by atoms with E-state index in [1.165, 1.54) is 17.8 Å². The number of carbonyl (C=O) groups excluding carboxylic acids is 2. The first-order chi connectivity index (χ1) is 15.2. The van der Waals surface area contributed by atoms with E-state index in [9.17, 15) is 18.0 Å². The van der Waals surface area contributed by atoms with Gasteiger partial charge in [-0.3, -0.25) is 18.7 Å². The van der Waals surface area contributed by atoms with Crippen LogP contribution in [0.3, 0.4) is 0 Å². The van der Waals surface area contributed by atoms with Crippen molar-refractivity contribution in [2.45, 2.75) is 13.3 Å². The molecule has 0 fully saturated rings. The molecule has 0 unspecified atom stereocenters. The van der Waals surface area contributed by atoms with Crippen LogP contribution in [0.4, 0.5) is 0 Å². The Bertz CT molecular complexity index is 1280. The van der Waals surface area contributed by atoms with E-state index < -0.39 is 21.8 Å². The van der Waals surface area contributed by atoms with Crippen molar-refractivity contribution in [2.75, 3.05) is 19.4 Å². The molecule has 168 valence electrons. The highest BCUT2D eigenvalue weighted by Crippen LogP contribution is 2.30. The van der Waals surface area contributed by atoms with Gasteiger partial charge in [0, 0.05) is 23.7 Å². The van der Waals surface area contributed by atoms with Crippen LogP contribution in [0.1, 0.15) is 21.6 Å². The molecule has 9 heteroatoms. The molecule has 1 heterocycles. The number of allylic oxidation sites excluding steroid dienone is 1. The van der Waals surface area contributed by atoms with Crippen LogP contribution >= 0.6 is 0 Å². The van der Waals surface area contributed by atoms with Crippen molar-refractivity contribution in [1.29, 1.82) is 0 Å². The molecular formula is C23H24N2O6S. The Morgan fingerprint density at radius 1 is 1.16 bits per heavy atom. The van der Waals surface area contributed by atoms with Gasteiger partial charge in [-0.1, -0.05) is 30.3 Å². The number of fused-ring (bicyclic) bond motifs is 1. The molecule has 0 aliphatic heterocycles. The van der Waals surface area contributed by atoms with Crippen LogP contribution < -0.4 is 10.1 Å². The molecule has 2 aromatic carbocycles. The molecule has 1 aromatic heterocycles. The third kappa shape index (κ3) is 5.63. The van der Waals surface area contributed by atoms with Gasteiger partial charge in [-0.2, -0.15) is 8.42 Å². The first-order valence-corrected chi connectivity index (χ1v) is 11.5. The first-order valence-electron chi connectivity index (χ1n) is 9.87. The minimum absolute atomic E-state index is 0.0658. The van der Waals surface area contributed by atoms with Crippen LogP contribution in [-0.2, 0) is 21.3 Å². The Hall–Kier alpha value is -3.43. The standard InChI is InChI=1S/C23H24N2O6S/c1-16-19(15-22(26)24-12-13-32(28,29)30)20-14-18(31-2)9-10-21(20)25(16)23(27)11-8-17-6-4-3-5-7-17/h3-11,14H,12-13,15H2,1-2H3,(H,24,26)(H,28,29,30)/b11-8+. The van der Waals surface area contributed by atoms with Gasteiger partial charge in [-0.15, -0.1) is 0 Å². The molecule has 0 spiro atoms. The van der Waals surface area contributed by atoms with E-state index in [4.69, 9.17) is 9.29 Å². The molecule has 1 amide bonds. The van der Waals surface area contributed by atoms with Gasteiger partial charge in [-0.05, 0) is 42.3 Å². The third-order valence-electron chi connectivity index (χ3n) is 5.00. The fourth-order valence-electron chi connectivity index (χ4n) is 3.45. The summed E-state index contributed by atoms with van der Waals surface area (Å²) in [6.45, 7) is 1.54. The van der Waals surface area contributed by atoms with Crippen molar-refractivity contribution in [2.24, 2.45) is 0 Å². The fourth-order valence-corrected chi connectivity index (χ4v) is 3.81. The number of methoxy groups -OCH3 is 1. The topological polar surface area (TPSA) is 115 Å². The van der Waals surface area contributed by atoms with Crippen LogP contribution in [-0.4, -0.2) is 48.8 Å². The Kier molecular flexibility index (Phi) is 7.12. The average Bonchev–Trinajstić information content (AvgIpc) is 3.02. The third-order valence-corrected chi connectivity index (χ3v) is 5.72. The van der Waals surface area contributed by atoms with E-state index in [1.54, 1.807) is 31.2 Å². The molecule has 32 heavy (non-hydrogen) atoms. The maximum Gasteiger partial charge on any atom is 0.266 e. The summed E-state index contributed by atoms with van der Waals surface area (Å²) >= 11 is 0. The minimum atomic E-state index is -4.17. The zero-order valence-corrected chi connectivity index (χ0v) is 18.6. The van der Waals surface area contributed by atoms with Gasteiger partial charge in [0.15, 0.2) is 0 Å². The van der Waals surface area contributed by atoms with E-state index in [0.29, 0.717) is 27.9 Å². The number of rotatable bonds is 8.